The summed E-state index contributed by atoms with van der Waals surface area (Å²) < 4.78 is 11.3. The Morgan fingerprint density at radius 2 is 2.04 bits per heavy atom. The summed E-state index contributed by atoms with van der Waals surface area (Å²) in [4.78, 5) is 10.9. The monoisotopic (exact) mass is 398 g/mol. The summed E-state index contributed by atoms with van der Waals surface area (Å²) in [5, 5.41) is 5.37. The SMILES string of the molecule is COc1cc(/C=N\Nc2ncnc3sc(C)c(C)c23)ccc1OCCC(C)C. The molecule has 0 saturated heterocycles. The molecule has 148 valence electrons. The van der Waals surface area contributed by atoms with Crippen LogP contribution in [0.25, 0.3) is 10.2 Å². The van der Waals surface area contributed by atoms with Gasteiger partial charge in [-0.25, -0.2) is 9.97 Å². The van der Waals surface area contributed by atoms with Crippen molar-refractivity contribution in [2.24, 2.45) is 11.0 Å². The maximum atomic E-state index is 5.83. The molecule has 3 rings (SSSR count). The van der Waals surface area contributed by atoms with Crippen LogP contribution in [0.2, 0.25) is 0 Å². The number of nitrogens with zero attached hydrogens (tertiary/aromatic N) is 3. The number of ether oxygens (including phenoxy) is 2. The van der Waals surface area contributed by atoms with Crippen LogP contribution >= 0.6 is 11.3 Å². The van der Waals surface area contributed by atoms with E-state index in [9.17, 15) is 0 Å². The molecule has 1 N–H and O–H groups in total. The number of anilines is 1. The van der Waals surface area contributed by atoms with E-state index in [4.69, 9.17) is 9.47 Å². The van der Waals surface area contributed by atoms with Gasteiger partial charge in [-0.15, -0.1) is 11.3 Å². The highest BCUT2D eigenvalue weighted by Gasteiger charge is 2.11. The highest BCUT2D eigenvalue weighted by molar-refractivity contribution is 7.18. The summed E-state index contributed by atoms with van der Waals surface area (Å²) in [7, 11) is 1.64. The number of thiophene rings is 1. The first-order chi connectivity index (χ1) is 13.5. The molecule has 0 atom stereocenters. The Bertz CT molecular complexity index is 982. The van der Waals surface area contributed by atoms with E-state index in [0.29, 0.717) is 24.1 Å². The summed E-state index contributed by atoms with van der Waals surface area (Å²) in [6.07, 6.45) is 4.30. The fraction of sp³-hybridized carbons (Fsp3) is 0.381. The average molecular weight is 399 g/mol. The smallest absolute Gasteiger partial charge is 0.161 e. The molecule has 28 heavy (non-hydrogen) atoms. The highest BCUT2D eigenvalue weighted by Crippen LogP contribution is 2.32. The fourth-order valence-electron chi connectivity index (χ4n) is 2.72. The van der Waals surface area contributed by atoms with Gasteiger partial charge in [0.05, 0.1) is 25.3 Å². The van der Waals surface area contributed by atoms with Crippen molar-refractivity contribution in [2.75, 3.05) is 19.1 Å². The quantitative estimate of drug-likeness (QED) is 0.418. The number of hydrazone groups is 1. The first-order valence-corrected chi connectivity index (χ1v) is 10.1. The Morgan fingerprint density at radius 1 is 1.21 bits per heavy atom. The Hall–Kier alpha value is -2.67. The number of nitrogens with one attached hydrogen (secondary N) is 1. The maximum Gasteiger partial charge on any atom is 0.161 e. The van der Waals surface area contributed by atoms with Gasteiger partial charge in [0.15, 0.2) is 17.3 Å². The van der Waals surface area contributed by atoms with E-state index in [2.05, 4.69) is 48.2 Å². The zero-order chi connectivity index (χ0) is 20.1. The Morgan fingerprint density at radius 3 is 2.79 bits per heavy atom. The molecule has 0 radical (unpaired) electrons. The highest BCUT2D eigenvalue weighted by atomic mass is 32.1. The summed E-state index contributed by atoms with van der Waals surface area (Å²) in [5.41, 5.74) is 5.13. The van der Waals surface area contributed by atoms with Crippen molar-refractivity contribution in [3.8, 4) is 11.5 Å². The largest absolute Gasteiger partial charge is 0.493 e. The van der Waals surface area contributed by atoms with Crippen molar-refractivity contribution < 1.29 is 9.47 Å². The summed E-state index contributed by atoms with van der Waals surface area (Å²) in [6, 6.07) is 5.77. The zero-order valence-corrected chi connectivity index (χ0v) is 17.8. The fourth-order valence-corrected chi connectivity index (χ4v) is 3.72. The van der Waals surface area contributed by atoms with E-state index < -0.39 is 0 Å². The molecule has 0 bridgehead atoms. The van der Waals surface area contributed by atoms with Gasteiger partial charge in [-0.2, -0.15) is 5.10 Å². The normalized spacial score (nSPS) is 11.5. The third-order valence-electron chi connectivity index (χ3n) is 4.49. The second-order valence-electron chi connectivity index (χ2n) is 7.00. The number of hydrogen-bond acceptors (Lipinski definition) is 7. The molecule has 0 unspecified atom stereocenters. The average Bonchev–Trinajstić information content (AvgIpc) is 2.97. The van der Waals surface area contributed by atoms with Gasteiger partial charge in [0.25, 0.3) is 0 Å². The van der Waals surface area contributed by atoms with Gasteiger partial charge in [-0.3, -0.25) is 5.43 Å². The van der Waals surface area contributed by atoms with E-state index in [0.717, 1.165) is 28.0 Å². The summed E-state index contributed by atoms with van der Waals surface area (Å²) in [6.45, 7) is 9.20. The Labute approximate surface area is 169 Å². The molecule has 2 heterocycles. The molecule has 0 fully saturated rings. The third-order valence-corrected chi connectivity index (χ3v) is 5.61. The van der Waals surface area contributed by atoms with Crippen LogP contribution in [0.4, 0.5) is 5.82 Å². The van der Waals surface area contributed by atoms with Gasteiger partial charge in [-0.1, -0.05) is 13.8 Å². The summed E-state index contributed by atoms with van der Waals surface area (Å²) in [5.74, 6) is 2.76. The van der Waals surface area contributed by atoms with Gasteiger partial charge in [0.2, 0.25) is 0 Å². The molecule has 0 aliphatic rings. The molecule has 0 spiro atoms. The molecular formula is C21H26N4O2S. The number of aromatic nitrogens is 2. The van der Waals surface area contributed by atoms with E-state index >= 15 is 0 Å². The van der Waals surface area contributed by atoms with Gasteiger partial charge in [0, 0.05) is 4.88 Å². The van der Waals surface area contributed by atoms with Gasteiger partial charge >= 0.3 is 0 Å². The molecular weight excluding hydrogens is 372 g/mol. The number of hydrogen-bond donors (Lipinski definition) is 1. The molecule has 0 amide bonds. The lowest BCUT2D eigenvalue weighted by Gasteiger charge is -2.12. The first-order valence-electron chi connectivity index (χ1n) is 9.30. The zero-order valence-electron chi connectivity index (χ0n) is 16.9. The Kier molecular flexibility index (Phi) is 6.46. The van der Waals surface area contributed by atoms with Crippen LogP contribution in [-0.4, -0.2) is 29.9 Å². The topological polar surface area (TPSA) is 68.6 Å². The second-order valence-corrected chi connectivity index (χ2v) is 8.20. The van der Waals surface area contributed by atoms with Gasteiger partial charge < -0.3 is 9.47 Å². The van der Waals surface area contributed by atoms with Crippen LogP contribution in [0.1, 0.15) is 36.3 Å². The van der Waals surface area contributed by atoms with Crippen molar-refractivity contribution in [1.29, 1.82) is 0 Å². The van der Waals surface area contributed by atoms with Crippen LogP contribution < -0.4 is 14.9 Å². The molecule has 1 aromatic carbocycles. The van der Waals surface area contributed by atoms with Crippen LogP contribution in [0, 0.1) is 19.8 Å². The van der Waals surface area contributed by atoms with E-state index in [1.165, 1.54) is 10.4 Å². The number of aryl methyl sites for hydroxylation is 2. The molecule has 0 aliphatic carbocycles. The number of methoxy groups -OCH3 is 1. The molecule has 7 heteroatoms. The second kappa shape index (κ2) is 9.01. The molecule has 3 aromatic rings. The van der Waals surface area contributed by atoms with Crippen LogP contribution in [0.5, 0.6) is 11.5 Å². The number of rotatable bonds is 8. The minimum Gasteiger partial charge on any atom is -0.493 e. The van der Waals surface area contributed by atoms with Crippen LogP contribution in [-0.2, 0) is 0 Å². The van der Waals surface area contributed by atoms with E-state index in [1.54, 1.807) is 31.0 Å². The van der Waals surface area contributed by atoms with Crippen molar-refractivity contribution in [2.45, 2.75) is 34.1 Å². The van der Waals surface area contributed by atoms with Crippen molar-refractivity contribution in [3.05, 3.63) is 40.5 Å². The minimum atomic E-state index is 0.604. The molecule has 0 aliphatic heterocycles. The van der Waals surface area contributed by atoms with E-state index in [-0.39, 0.29) is 0 Å². The summed E-state index contributed by atoms with van der Waals surface area (Å²) >= 11 is 1.66. The molecule has 0 saturated carbocycles. The van der Waals surface area contributed by atoms with Crippen molar-refractivity contribution >= 4 is 33.6 Å². The number of benzene rings is 1. The van der Waals surface area contributed by atoms with Crippen molar-refractivity contribution in [3.63, 3.8) is 0 Å². The maximum absolute atomic E-state index is 5.83. The number of fused-ring (bicyclic) bond motifs is 1. The lowest BCUT2D eigenvalue weighted by atomic mass is 10.1. The van der Waals surface area contributed by atoms with Gasteiger partial charge in [0.1, 0.15) is 11.2 Å². The lowest BCUT2D eigenvalue weighted by Crippen LogP contribution is -2.03. The predicted octanol–water partition coefficient (Wildman–Crippen LogP) is 5.19. The minimum absolute atomic E-state index is 0.604. The standard InChI is InChI=1S/C21H26N4O2S/c1-13(2)8-9-27-17-7-6-16(10-18(17)26-5)11-24-25-20-19-14(3)15(4)28-21(19)23-12-22-20/h6-7,10-13H,8-9H2,1-5H3,(H,22,23,25)/b24-11-. The molecule has 2 aromatic heterocycles. The first kappa shape index (κ1) is 20.1. The van der Waals surface area contributed by atoms with Gasteiger partial charge in [-0.05, 0) is 55.5 Å². The van der Waals surface area contributed by atoms with Crippen LogP contribution in [0.15, 0.2) is 29.6 Å². The van der Waals surface area contributed by atoms with Crippen LogP contribution in [0.3, 0.4) is 0 Å². The molecule has 6 nitrogen and oxygen atoms in total. The lowest BCUT2D eigenvalue weighted by molar-refractivity contribution is 0.273. The predicted molar refractivity (Wildman–Crippen MR) is 116 cm³/mol. The third kappa shape index (κ3) is 4.59. The van der Waals surface area contributed by atoms with Crippen molar-refractivity contribution in [1.82, 2.24) is 9.97 Å². The Balaban J connectivity index is 1.72. The van der Waals surface area contributed by atoms with E-state index in [1.807, 2.05) is 18.2 Å².